The van der Waals surface area contributed by atoms with Crippen LogP contribution in [0.2, 0.25) is 0 Å². The van der Waals surface area contributed by atoms with Gasteiger partial charge in [-0.25, -0.2) is 0 Å². The number of amides is 2. The first kappa shape index (κ1) is 14.9. The molecule has 0 bridgehead atoms. The van der Waals surface area contributed by atoms with E-state index in [2.05, 4.69) is 10.3 Å². The number of amidine groups is 1. The smallest absolute Gasteiger partial charge is 0.248 e. The van der Waals surface area contributed by atoms with Gasteiger partial charge in [0.1, 0.15) is 6.04 Å². The molecule has 21 heavy (non-hydrogen) atoms. The Labute approximate surface area is 129 Å². The van der Waals surface area contributed by atoms with E-state index in [1.54, 1.807) is 11.8 Å². The summed E-state index contributed by atoms with van der Waals surface area (Å²) in [4.78, 5) is 31.1. The summed E-state index contributed by atoms with van der Waals surface area (Å²) in [6.07, 6.45) is 7.23. The number of likely N-dealkylation sites (tertiary alicyclic amines) is 1. The van der Waals surface area contributed by atoms with Gasteiger partial charge in [-0.15, -0.1) is 0 Å². The van der Waals surface area contributed by atoms with E-state index in [9.17, 15) is 9.59 Å². The molecule has 3 aliphatic rings. The summed E-state index contributed by atoms with van der Waals surface area (Å²) in [6.45, 7) is 1.50. The lowest BCUT2D eigenvalue weighted by molar-refractivity contribution is -0.142. The number of rotatable bonds is 2. The molecule has 0 unspecified atom stereocenters. The van der Waals surface area contributed by atoms with Crippen LogP contribution < -0.4 is 5.32 Å². The summed E-state index contributed by atoms with van der Waals surface area (Å²) < 4.78 is 0. The molecule has 1 saturated carbocycles. The summed E-state index contributed by atoms with van der Waals surface area (Å²) in [6, 6.07) is -0.289. The molecule has 3 rings (SSSR count). The third-order valence-corrected chi connectivity index (χ3v) is 5.50. The number of carbonyl (C=O) groups excluding carboxylic acids is 2. The van der Waals surface area contributed by atoms with E-state index in [-0.39, 0.29) is 23.8 Å². The highest BCUT2D eigenvalue weighted by Gasteiger charge is 2.37. The largest absolute Gasteiger partial charge is 0.330 e. The minimum absolute atomic E-state index is 0.0511. The van der Waals surface area contributed by atoms with Gasteiger partial charge in [0.25, 0.3) is 0 Å². The average molecular weight is 309 g/mol. The first-order chi connectivity index (χ1) is 10.3. The molecule has 1 aliphatic carbocycles. The molecule has 1 N–H and O–H groups in total. The number of nitrogens with one attached hydrogen (secondary N) is 1. The van der Waals surface area contributed by atoms with Gasteiger partial charge in [-0.05, 0) is 25.7 Å². The molecular formula is C15H23N3O2S. The fourth-order valence-corrected chi connectivity index (χ4v) is 4.22. The summed E-state index contributed by atoms with van der Waals surface area (Å²) >= 11 is 1.58. The number of hydrogen-bond donors (Lipinski definition) is 1. The third kappa shape index (κ3) is 3.42. The number of thioether (sulfide) groups is 1. The van der Waals surface area contributed by atoms with Crippen molar-refractivity contribution in [3.63, 3.8) is 0 Å². The van der Waals surface area contributed by atoms with Crippen molar-refractivity contribution in [2.24, 2.45) is 10.9 Å². The molecule has 2 fully saturated rings. The van der Waals surface area contributed by atoms with E-state index >= 15 is 0 Å². The van der Waals surface area contributed by atoms with Gasteiger partial charge in [-0.1, -0.05) is 31.0 Å². The van der Waals surface area contributed by atoms with Gasteiger partial charge in [0, 0.05) is 18.2 Å². The molecule has 6 heteroatoms. The first-order valence-electron chi connectivity index (χ1n) is 8.04. The van der Waals surface area contributed by atoms with E-state index in [1.165, 1.54) is 6.42 Å². The molecule has 0 aromatic carbocycles. The van der Waals surface area contributed by atoms with Crippen LogP contribution in [0.25, 0.3) is 0 Å². The van der Waals surface area contributed by atoms with Crippen molar-refractivity contribution in [2.75, 3.05) is 18.8 Å². The van der Waals surface area contributed by atoms with Crippen LogP contribution in [0.3, 0.4) is 0 Å². The molecule has 1 saturated heterocycles. The number of nitrogens with zero attached hydrogens (tertiary/aromatic N) is 2. The Bertz CT molecular complexity index is 446. The summed E-state index contributed by atoms with van der Waals surface area (Å²) in [5.41, 5.74) is 0. The van der Waals surface area contributed by atoms with Gasteiger partial charge < -0.3 is 10.2 Å². The minimum Gasteiger partial charge on any atom is -0.330 e. The maximum Gasteiger partial charge on any atom is 0.248 e. The van der Waals surface area contributed by atoms with Crippen molar-refractivity contribution < 1.29 is 9.59 Å². The lowest BCUT2D eigenvalue weighted by Gasteiger charge is -2.29. The van der Waals surface area contributed by atoms with E-state index < -0.39 is 0 Å². The molecule has 5 nitrogen and oxygen atoms in total. The maximum absolute atomic E-state index is 12.7. The minimum atomic E-state index is -0.289. The average Bonchev–Trinajstić information content (AvgIpc) is 3.18. The highest BCUT2D eigenvalue weighted by Crippen LogP contribution is 2.29. The first-order valence-corrected chi connectivity index (χ1v) is 9.03. The molecule has 2 amide bonds. The number of aliphatic imine (C=N–C) groups is 1. The fraction of sp³-hybridized carbons (Fsp3) is 0.800. The standard InChI is InChI=1S/C15H23N3O2S/c19-13(17-15-16-8-10-21-15)12-7-4-9-18(12)14(20)11-5-2-1-3-6-11/h11-12H,1-10H2,(H,16,17,19)/t12-/m0/s1. The van der Waals surface area contributed by atoms with Gasteiger partial charge in [0.05, 0.1) is 6.54 Å². The lowest BCUT2D eigenvalue weighted by Crippen LogP contribution is -2.48. The number of carbonyl (C=O) groups is 2. The van der Waals surface area contributed by atoms with Crippen LogP contribution in [-0.2, 0) is 9.59 Å². The van der Waals surface area contributed by atoms with Gasteiger partial charge in [-0.2, -0.15) is 0 Å². The van der Waals surface area contributed by atoms with E-state index in [0.717, 1.165) is 62.5 Å². The van der Waals surface area contributed by atoms with Crippen LogP contribution in [0.5, 0.6) is 0 Å². The van der Waals surface area contributed by atoms with E-state index in [1.807, 2.05) is 4.90 Å². The predicted octanol–water partition coefficient (Wildman–Crippen LogP) is 1.78. The second-order valence-electron chi connectivity index (χ2n) is 6.05. The van der Waals surface area contributed by atoms with Crippen LogP contribution in [0, 0.1) is 5.92 Å². The summed E-state index contributed by atoms with van der Waals surface area (Å²) in [5.74, 6) is 1.23. The van der Waals surface area contributed by atoms with Gasteiger partial charge >= 0.3 is 0 Å². The van der Waals surface area contributed by atoms with E-state index in [0.29, 0.717) is 0 Å². The molecule has 0 aromatic heterocycles. The molecule has 1 atom stereocenters. The molecular weight excluding hydrogens is 286 g/mol. The zero-order chi connectivity index (χ0) is 14.7. The Morgan fingerprint density at radius 3 is 2.67 bits per heavy atom. The Morgan fingerprint density at radius 2 is 1.95 bits per heavy atom. The van der Waals surface area contributed by atoms with Crippen LogP contribution in [-0.4, -0.2) is 46.8 Å². The molecule has 0 radical (unpaired) electrons. The van der Waals surface area contributed by atoms with Crippen molar-refractivity contribution in [3.05, 3.63) is 0 Å². The van der Waals surface area contributed by atoms with Crippen molar-refractivity contribution in [1.82, 2.24) is 10.2 Å². The third-order valence-electron chi connectivity index (χ3n) is 4.61. The van der Waals surface area contributed by atoms with E-state index in [4.69, 9.17) is 0 Å². The van der Waals surface area contributed by atoms with Crippen LogP contribution >= 0.6 is 11.8 Å². The monoisotopic (exact) mass is 309 g/mol. The van der Waals surface area contributed by atoms with Gasteiger partial charge in [0.2, 0.25) is 11.8 Å². The Kier molecular flexibility index (Phi) is 4.83. The quantitative estimate of drug-likeness (QED) is 0.846. The van der Waals surface area contributed by atoms with Crippen molar-refractivity contribution >= 4 is 28.7 Å². The van der Waals surface area contributed by atoms with Crippen molar-refractivity contribution in [2.45, 2.75) is 51.0 Å². The summed E-state index contributed by atoms with van der Waals surface area (Å²) in [5, 5.41) is 3.61. The molecule has 116 valence electrons. The highest BCUT2D eigenvalue weighted by molar-refractivity contribution is 8.14. The SMILES string of the molecule is O=C(NC1=NCCS1)[C@@H]1CCCN1C(=O)C1CCCCC1. The number of hydrogen-bond acceptors (Lipinski definition) is 4. The van der Waals surface area contributed by atoms with Crippen LogP contribution in [0.4, 0.5) is 0 Å². The topological polar surface area (TPSA) is 61.8 Å². The van der Waals surface area contributed by atoms with Crippen LogP contribution in [0.1, 0.15) is 44.9 Å². The molecule has 2 aliphatic heterocycles. The Morgan fingerprint density at radius 1 is 1.14 bits per heavy atom. The molecule has 0 aromatic rings. The second kappa shape index (κ2) is 6.81. The van der Waals surface area contributed by atoms with Crippen molar-refractivity contribution in [1.29, 1.82) is 0 Å². The zero-order valence-corrected chi connectivity index (χ0v) is 13.2. The Balaban J connectivity index is 1.61. The van der Waals surface area contributed by atoms with Crippen molar-refractivity contribution in [3.8, 4) is 0 Å². The lowest BCUT2D eigenvalue weighted by atomic mass is 9.88. The van der Waals surface area contributed by atoms with Crippen LogP contribution in [0.15, 0.2) is 4.99 Å². The summed E-state index contributed by atoms with van der Waals surface area (Å²) in [7, 11) is 0. The van der Waals surface area contributed by atoms with Gasteiger partial charge in [0.15, 0.2) is 5.17 Å². The Hall–Kier alpha value is -1.04. The predicted molar refractivity (Wildman–Crippen MR) is 84.2 cm³/mol. The second-order valence-corrected chi connectivity index (χ2v) is 7.13. The molecule has 0 spiro atoms. The highest BCUT2D eigenvalue weighted by atomic mass is 32.2. The molecule has 2 heterocycles. The fourth-order valence-electron chi connectivity index (χ4n) is 3.49. The maximum atomic E-state index is 12.7. The zero-order valence-electron chi connectivity index (χ0n) is 12.3. The van der Waals surface area contributed by atoms with Gasteiger partial charge in [-0.3, -0.25) is 14.6 Å². The normalized spacial score (nSPS) is 26.8.